The third-order valence-electron chi connectivity index (χ3n) is 3.50. The zero-order valence-electron chi connectivity index (χ0n) is 14.2. The highest BCUT2D eigenvalue weighted by Crippen LogP contribution is 2.23. The normalized spacial score (nSPS) is 13.8. The van der Waals surface area contributed by atoms with Crippen molar-refractivity contribution < 1.29 is 24.5 Å². The van der Waals surface area contributed by atoms with Crippen LogP contribution in [0.1, 0.15) is 12.5 Å². The third-order valence-corrected chi connectivity index (χ3v) is 3.50. The largest absolute Gasteiger partial charge is 0.477 e. The second kappa shape index (κ2) is 7.53. The minimum Gasteiger partial charge on any atom is -0.477 e. The van der Waals surface area contributed by atoms with Crippen LogP contribution < -0.4 is 4.90 Å². The van der Waals surface area contributed by atoms with Crippen LogP contribution in [0.15, 0.2) is 65.2 Å². The van der Waals surface area contributed by atoms with Gasteiger partial charge in [-0.2, -0.15) is 0 Å². The molecule has 0 spiro atoms. The first-order valence-corrected chi connectivity index (χ1v) is 7.52. The highest BCUT2D eigenvalue weighted by atomic mass is 16.5. The summed E-state index contributed by atoms with van der Waals surface area (Å²) >= 11 is 0. The number of hydrogen-bond donors (Lipinski definition) is 2. The Bertz CT molecular complexity index is 795. The molecule has 0 saturated carbocycles. The van der Waals surface area contributed by atoms with E-state index >= 15 is 0 Å². The van der Waals surface area contributed by atoms with Crippen molar-refractivity contribution >= 4 is 23.7 Å². The zero-order valence-corrected chi connectivity index (χ0v) is 14.2. The fourth-order valence-electron chi connectivity index (χ4n) is 2.29. The van der Waals surface area contributed by atoms with Crippen molar-refractivity contribution in [1.82, 2.24) is 0 Å². The maximum absolute atomic E-state index is 11.2. The number of hydrogen-bond acceptors (Lipinski definition) is 4. The van der Waals surface area contributed by atoms with Crippen molar-refractivity contribution in [2.45, 2.75) is 6.92 Å². The van der Waals surface area contributed by atoms with Crippen LogP contribution in [-0.2, 0) is 14.3 Å². The smallest absolute Gasteiger partial charge is 0.343 e. The van der Waals surface area contributed by atoms with Gasteiger partial charge in [0.25, 0.3) is 0 Å². The molecule has 0 amide bonds. The molecule has 0 aliphatic carbocycles. The van der Waals surface area contributed by atoms with E-state index in [4.69, 9.17) is 14.9 Å². The number of carboxylic acids is 2. The van der Waals surface area contributed by atoms with Crippen LogP contribution in [0, 0.1) is 0 Å². The Morgan fingerprint density at radius 2 is 1.60 bits per heavy atom. The van der Waals surface area contributed by atoms with Crippen LogP contribution >= 0.6 is 0 Å². The molecule has 2 N–H and O–H groups in total. The Hall–Kier alpha value is -3.28. The van der Waals surface area contributed by atoms with Gasteiger partial charge in [-0.15, -0.1) is 0 Å². The fourth-order valence-corrected chi connectivity index (χ4v) is 2.29. The Balaban J connectivity index is 2.31. The van der Waals surface area contributed by atoms with Crippen molar-refractivity contribution in [3.05, 3.63) is 70.7 Å². The number of carboxylic acid groups (broad SMARTS) is 2. The Labute approximate surface area is 145 Å². The fraction of sp³-hybridized carbons (Fsp3) is 0.158. The van der Waals surface area contributed by atoms with E-state index in [0.717, 1.165) is 11.3 Å². The average Bonchev–Trinajstić information content (AvgIpc) is 2.52. The lowest BCUT2D eigenvalue weighted by Gasteiger charge is -2.14. The molecule has 1 aliphatic rings. The second-order valence-corrected chi connectivity index (χ2v) is 5.66. The van der Waals surface area contributed by atoms with Crippen molar-refractivity contribution in [2.75, 3.05) is 19.0 Å². The molecule has 6 heteroatoms. The van der Waals surface area contributed by atoms with Crippen LogP contribution in [0.2, 0.25) is 0 Å². The van der Waals surface area contributed by atoms with E-state index in [1.165, 1.54) is 12.2 Å². The lowest BCUT2D eigenvalue weighted by molar-refractivity contribution is -0.140. The molecule has 0 atom stereocenters. The number of nitrogens with zero attached hydrogens (tertiary/aromatic N) is 1. The molecule has 1 aliphatic heterocycles. The molecule has 130 valence electrons. The van der Waals surface area contributed by atoms with Crippen LogP contribution in [0.4, 0.5) is 5.69 Å². The van der Waals surface area contributed by atoms with Gasteiger partial charge in [-0.1, -0.05) is 18.2 Å². The number of carbonyl (C=O) groups is 2. The van der Waals surface area contributed by atoms with Gasteiger partial charge >= 0.3 is 11.9 Å². The predicted octanol–water partition coefficient (Wildman–Crippen LogP) is 3.05. The molecular weight excluding hydrogens is 322 g/mol. The summed E-state index contributed by atoms with van der Waals surface area (Å²) < 4.78 is 5.52. The summed E-state index contributed by atoms with van der Waals surface area (Å²) in [5, 5.41) is 18.2. The monoisotopic (exact) mass is 341 g/mol. The van der Waals surface area contributed by atoms with Gasteiger partial charge in [0.1, 0.15) is 11.5 Å². The first-order valence-electron chi connectivity index (χ1n) is 7.52. The molecule has 0 saturated heterocycles. The number of allylic oxidation sites excluding steroid dienone is 5. The topological polar surface area (TPSA) is 87.1 Å². The summed E-state index contributed by atoms with van der Waals surface area (Å²) in [4.78, 5) is 24.3. The average molecular weight is 341 g/mol. The molecule has 0 fully saturated rings. The number of ether oxygens (including phenoxy) is 1. The summed E-state index contributed by atoms with van der Waals surface area (Å²) in [6, 6.07) is 7.82. The summed E-state index contributed by atoms with van der Waals surface area (Å²) in [6.07, 6.45) is 6.27. The molecule has 25 heavy (non-hydrogen) atoms. The summed E-state index contributed by atoms with van der Waals surface area (Å²) in [5.41, 5.74) is 1.40. The van der Waals surface area contributed by atoms with Crippen molar-refractivity contribution in [3.63, 3.8) is 0 Å². The van der Waals surface area contributed by atoms with Crippen molar-refractivity contribution in [3.8, 4) is 0 Å². The molecule has 0 unspecified atom stereocenters. The molecule has 0 aromatic heterocycles. The van der Waals surface area contributed by atoms with Crippen LogP contribution in [0.5, 0.6) is 0 Å². The van der Waals surface area contributed by atoms with Gasteiger partial charge in [-0.25, -0.2) is 9.59 Å². The maximum Gasteiger partial charge on any atom is 0.343 e. The van der Waals surface area contributed by atoms with Crippen molar-refractivity contribution in [1.29, 1.82) is 0 Å². The van der Waals surface area contributed by atoms with Gasteiger partial charge in [0.05, 0.1) is 0 Å². The minimum absolute atomic E-state index is 0.0892. The van der Waals surface area contributed by atoms with E-state index in [1.807, 2.05) is 49.3 Å². The Morgan fingerprint density at radius 3 is 2.12 bits per heavy atom. The quantitative estimate of drug-likeness (QED) is 0.486. The number of aliphatic carboxylic acids is 2. The van der Waals surface area contributed by atoms with Crippen LogP contribution in [0.3, 0.4) is 0 Å². The highest BCUT2D eigenvalue weighted by Gasteiger charge is 2.22. The molecule has 6 nitrogen and oxygen atoms in total. The first kappa shape index (κ1) is 18.1. The molecule has 0 radical (unpaired) electrons. The van der Waals surface area contributed by atoms with Gasteiger partial charge in [0.15, 0.2) is 5.57 Å². The van der Waals surface area contributed by atoms with Gasteiger partial charge < -0.3 is 19.8 Å². The van der Waals surface area contributed by atoms with E-state index in [9.17, 15) is 9.59 Å². The lowest BCUT2D eigenvalue weighted by atomic mass is 10.0. The SMILES string of the molecule is CC1=CC(=C(C(=O)O)C(=O)O)C=C(C=Cc2ccc(N(C)C)cc2)O1. The molecule has 1 aromatic rings. The highest BCUT2D eigenvalue weighted by molar-refractivity contribution is 6.14. The van der Waals surface area contributed by atoms with Gasteiger partial charge in [-0.3, -0.25) is 0 Å². The lowest BCUT2D eigenvalue weighted by Crippen LogP contribution is -2.14. The van der Waals surface area contributed by atoms with E-state index in [2.05, 4.69) is 0 Å². The minimum atomic E-state index is -1.49. The van der Waals surface area contributed by atoms with Gasteiger partial charge in [0.2, 0.25) is 0 Å². The van der Waals surface area contributed by atoms with E-state index in [1.54, 1.807) is 13.0 Å². The van der Waals surface area contributed by atoms with Crippen LogP contribution in [-0.4, -0.2) is 36.2 Å². The Kier molecular flexibility index (Phi) is 5.44. The zero-order chi connectivity index (χ0) is 18.6. The van der Waals surface area contributed by atoms with Gasteiger partial charge in [0, 0.05) is 25.4 Å². The summed E-state index contributed by atoms with van der Waals surface area (Å²) in [6.45, 7) is 1.63. The van der Waals surface area contributed by atoms with Crippen molar-refractivity contribution in [2.24, 2.45) is 0 Å². The standard InChI is InChI=1S/C19H19NO5/c1-12-10-14(17(18(21)22)19(23)24)11-16(25-12)9-6-13-4-7-15(8-5-13)20(2)3/h4-11H,1-3H3,(H,21,22)(H,23,24). The van der Waals surface area contributed by atoms with E-state index in [0.29, 0.717) is 11.5 Å². The van der Waals surface area contributed by atoms with Gasteiger partial charge in [-0.05, 0) is 42.8 Å². The predicted molar refractivity (Wildman–Crippen MR) is 95.0 cm³/mol. The van der Waals surface area contributed by atoms with E-state index in [-0.39, 0.29) is 5.57 Å². The first-order chi connectivity index (χ1) is 11.8. The molecule has 0 bridgehead atoms. The number of anilines is 1. The second-order valence-electron chi connectivity index (χ2n) is 5.66. The number of rotatable bonds is 5. The number of benzene rings is 1. The summed E-state index contributed by atoms with van der Waals surface area (Å²) in [5.74, 6) is -2.20. The molecular formula is C19H19NO5. The maximum atomic E-state index is 11.2. The molecule has 1 heterocycles. The van der Waals surface area contributed by atoms with E-state index < -0.39 is 17.5 Å². The molecule has 2 rings (SSSR count). The molecule has 1 aromatic carbocycles. The summed E-state index contributed by atoms with van der Waals surface area (Å²) in [7, 11) is 3.91. The van der Waals surface area contributed by atoms with Crippen LogP contribution in [0.25, 0.3) is 6.08 Å². The third kappa shape index (κ3) is 4.60. The Morgan fingerprint density at radius 1 is 1.00 bits per heavy atom.